The highest BCUT2D eigenvalue weighted by Crippen LogP contribution is 2.39. The zero-order chi connectivity index (χ0) is 20.5. The van der Waals surface area contributed by atoms with E-state index in [1.54, 1.807) is 0 Å². The number of carbonyl (C=O) groups excluding carboxylic acids is 1. The molecular formula is C25H32N2O2. The molecule has 2 aromatic carbocycles. The monoisotopic (exact) mass is 392 g/mol. The number of amides is 1. The van der Waals surface area contributed by atoms with Crippen molar-refractivity contribution < 1.29 is 9.53 Å². The lowest BCUT2D eigenvalue weighted by atomic mass is 9.67. The minimum Gasteiger partial charge on any atom is -0.379 e. The Balaban J connectivity index is 2.12. The molecular weight excluding hydrogens is 360 g/mol. The Labute approximate surface area is 174 Å². The van der Waals surface area contributed by atoms with E-state index in [1.165, 1.54) is 11.1 Å². The third-order valence-electron chi connectivity index (χ3n) is 5.83. The van der Waals surface area contributed by atoms with E-state index < -0.39 is 5.41 Å². The number of morpholine rings is 1. The molecule has 1 fully saturated rings. The molecule has 0 radical (unpaired) electrons. The van der Waals surface area contributed by atoms with E-state index in [2.05, 4.69) is 65.3 Å². The third kappa shape index (κ3) is 5.01. The molecule has 0 saturated carbocycles. The molecule has 2 aromatic rings. The van der Waals surface area contributed by atoms with Crippen LogP contribution in [0.4, 0.5) is 0 Å². The van der Waals surface area contributed by atoms with Gasteiger partial charge in [0.25, 0.3) is 0 Å². The second kappa shape index (κ2) is 10.5. The van der Waals surface area contributed by atoms with Crippen molar-refractivity contribution in [3.8, 4) is 0 Å². The fourth-order valence-corrected chi connectivity index (χ4v) is 4.23. The van der Waals surface area contributed by atoms with E-state index in [9.17, 15) is 4.79 Å². The van der Waals surface area contributed by atoms with Gasteiger partial charge in [0.05, 0.1) is 18.6 Å². The highest BCUT2D eigenvalue weighted by atomic mass is 16.5. The van der Waals surface area contributed by atoms with E-state index in [4.69, 9.17) is 4.74 Å². The highest BCUT2D eigenvalue weighted by Gasteiger charge is 2.39. The van der Waals surface area contributed by atoms with E-state index >= 15 is 0 Å². The van der Waals surface area contributed by atoms with Gasteiger partial charge in [-0.25, -0.2) is 4.99 Å². The number of hydrogen-bond donors (Lipinski definition) is 0. The summed E-state index contributed by atoms with van der Waals surface area (Å²) >= 11 is 0. The number of hydrogen-bond acceptors (Lipinski definition) is 3. The first kappa shape index (κ1) is 21.4. The van der Waals surface area contributed by atoms with Gasteiger partial charge in [-0.05, 0) is 30.5 Å². The normalized spacial score (nSPS) is 16.0. The Morgan fingerprint density at radius 1 is 0.931 bits per heavy atom. The van der Waals surface area contributed by atoms with Crippen molar-refractivity contribution in [1.82, 2.24) is 4.90 Å². The third-order valence-corrected chi connectivity index (χ3v) is 5.83. The van der Waals surface area contributed by atoms with E-state index in [1.807, 2.05) is 19.1 Å². The van der Waals surface area contributed by atoms with Crippen LogP contribution in [-0.2, 0) is 14.9 Å². The maximum Gasteiger partial charge on any atom is 0.245 e. The smallest absolute Gasteiger partial charge is 0.245 e. The fraction of sp³-hybridized carbons (Fsp3) is 0.440. The summed E-state index contributed by atoms with van der Waals surface area (Å²) in [6.45, 7) is 8.39. The van der Waals surface area contributed by atoms with Crippen LogP contribution in [0.5, 0.6) is 0 Å². The van der Waals surface area contributed by atoms with Crippen molar-refractivity contribution in [3.05, 3.63) is 71.8 Å². The van der Waals surface area contributed by atoms with Gasteiger partial charge in [-0.1, -0.05) is 74.5 Å². The summed E-state index contributed by atoms with van der Waals surface area (Å²) < 4.78 is 5.53. The number of benzene rings is 2. The molecule has 0 atom stereocenters. The zero-order valence-electron chi connectivity index (χ0n) is 17.6. The number of carbonyl (C=O) groups is 1. The Morgan fingerprint density at radius 3 is 1.97 bits per heavy atom. The molecule has 0 N–H and O–H groups in total. The van der Waals surface area contributed by atoms with Gasteiger partial charge in [0.2, 0.25) is 5.91 Å². The predicted molar refractivity (Wildman–Crippen MR) is 119 cm³/mol. The molecule has 4 heteroatoms. The molecule has 1 saturated heterocycles. The van der Waals surface area contributed by atoms with E-state index in [0.717, 1.165) is 51.4 Å². The summed E-state index contributed by atoms with van der Waals surface area (Å²) in [5.41, 5.74) is 2.93. The maximum atomic E-state index is 12.4. The second-order valence-electron chi connectivity index (χ2n) is 7.50. The van der Waals surface area contributed by atoms with Gasteiger partial charge in [0.1, 0.15) is 0 Å². The fourth-order valence-electron chi connectivity index (χ4n) is 4.23. The van der Waals surface area contributed by atoms with Crippen molar-refractivity contribution in [3.63, 3.8) is 0 Å². The van der Waals surface area contributed by atoms with Gasteiger partial charge in [0, 0.05) is 25.2 Å². The average molecular weight is 393 g/mol. The minimum absolute atomic E-state index is 0.0514. The van der Waals surface area contributed by atoms with Crippen LogP contribution >= 0.6 is 0 Å². The summed E-state index contributed by atoms with van der Waals surface area (Å²) in [5, 5.41) is 0. The van der Waals surface area contributed by atoms with Crippen LogP contribution < -0.4 is 0 Å². The molecule has 0 aromatic heterocycles. The van der Waals surface area contributed by atoms with Crippen LogP contribution in [0.1, 0.15) is 44.2 Å². The summed E-state index contributed by atoms with van der Waals surface area (Å²) in [6.07, 6.45) is 2.04. The van der Waals surface area contributed by atoms with Crippen LogP contribution in [0.15, 0.2) is 65.7 Å². The topological polar surface area (TPSA) is 41.9 Å². The van der Waals surface area contributed by atoms with Crippen LogP contribution in [0.2, 0.25) is 0 Å². The van der Waals surface area contributed by atoms with Gasteiger partial charge < -0.3 is 4.74 Å². The molecule has 0 spiro atoms. The quantitative estimate of drug-likeness (QED) is 0.622. The molecule has 1 amide bonds. The van der Waals surface area contributed by atoms with Crippen molar-refractivity contribution in [2.24, 2.45) is 4.99 Å². The minimum atomic E-state index is -0.416. The standard InChI is InChI=1S/C25H32N2O2/c1-3-23(26-24(28)4-2)25(21-11-7-5-8-12-21,22-13-9-6-10-14-22)15-16-27-17-19-29-20-18-27/h5-14H,3-4,15-20H2,1-2H3. The first-order valence-corrected chi connectivity index (χ1v) is 10.7. The van der Waals surface area contributed by atoms with Crippen molar-refractivity contribution in [1.29, 1.82) is 0 Å². The molecule has 29 heavy (non-hydrogen) atoms. The second-order valence-corrected chi connectivity index (χ2v) is 7.50. The summed E-state index contributed by atoms with van der Waals surface area (Å²) in [6, 6.07) is 21.1. The number of nitrogens with zero attached hydrogens (tertiary/aromatic N) is 2. The van der Waals surface area contributed by atoms with Gasteiger partial charge in [0.15, 0.2) is 0 Å². The molecule has 4 nitrogen and oxygen atoms in total. The Hall–Kier alpha value is -2.30. The van der Waals surface area contributed by atoms with Gasteiger partial charge in [-0.15, -0.1) is 0 Å². The van der Waals surface area contributed by atoms with Crippen molar-refractivity contribution >= 4 is 11.6 Å². The molecule has 154 valence electrons. The Bertz CT molecular complexity index is 757. The molecule has 0 bridgehead atoms. The molecule has 0 unspecified atom stereocenters. The Morgan fingerprint density at radius 2 is 1.48 bits per heavy atom. The predicted octanol–water partition coefficient (Wildman–Crippen LogP) is 4.48. The zero-order valence-corrected chi connectivity index (χ0v) is 17.6. The first-order chi connectivity index (χ1) is 14.2. The number of ether oxygens (including phenoxy) is 1. The van der Waals surface area contributed by atoms with Crippen molar-refractivity contribution in [2.75, 3.05) is 32.8 Å². The molecule has 3 rings (SSSR count). The summed E-state index contributed by atoms with van der Waals surface area (Å²) in [5.74, 6) is -0.0514. The number of rotatable bonds is 8. The molecule has 1 aliphatic heterocycles. The lowest BCUT2D eigenvalue weighted by molar-refractivity contribution is -0.117. The highest BCUT2D eigenvalue weighted by molar-refractivity contribution is 6.04. The SMILES string of the molecule is CCC(=O)N=C(CC)C(CCN1CCOCC1)(c1ccccc1)c1ccccc1. The van der Waals surface area contributed by atoms with Crippen LogP contribution in [0, 0.1) is 0 Å². The summed E-state index contributed by atoms with van der Waals surface area (Å²) in [4.78, 5) is 19.5. The van der Waals surface area contributed by atoms with Crippen LogP contribution in [-0.4, -0.2) is 49.4 Å². The summed E-state index contributed by atoms with van der Waals surface area (Å²) in [7, 11) is 0. The largest absolute Gasteiger partial charge is 0.379 e. The van der Waals surface area contributed by atoms with Gasteiger partial charge >= 0.3 is 0 Å². The lowest BCUT2D eigenvalue weighted by Gasteiger charge is -2.39. The number of aliphatic imine (C=N–C) groups is 1. The van der Waals surface area contributed by atoms with Crippen LogP contribution in [0.25, 0.3) is 0 Å². The lowest BCUT2D eigenvalue weighted by Crippen LogP contribution is -2.44. The van der Waals surface area contributed by atoms with Crippen molar-refractivity contribution in [2.45, 2.75) is 38.5 Å². The van der Waals surface area contributed by atoms with E-state index in [0.29, 0.717) is 6.42 Å². The van der Waals surface area contributed by atoms with E-state index in [-0.39, 0.29) is 5.91 Å². The molecule has 0 aliphatic carbocycles. The average Bonchev–Trinajstić information content (AvgIpc) is 2.80. The molecule has 1 heterocycles. The molecule has 1 aliphatic rings. The maximum absolute atomic E-state index is 12.4. The first-order valence-electron chi connectivity index (χ1n) is 10.7. The van der Waals surface area contributed by atoms with Gasteiger partial charge in [-0.2, -0.15) is 0 Å². The van der Waals surface area contributed by atoms with Gasteiger partial charge in [-0.3, -0.25) is 9.69 Å². The van der Waals surface area contributed by atoms with Crippen LogP contribution in [0.3, 0.4) is 0 Å². The Kier molecular flexibility index (Phi) is 7.73.